The minimum Gasteiger partial charge on any atom is -0.480 e. The van der Waals surface area contributed by atoms with Gasteiger partial charge < -0.3 is 25.5 Å². The first kappa shape index (κ1) is 14.6. The number of aliphatic carboxylic acids is 1. The predicted octanol–water partition coefficient (Wildman–Crippen LogP) is -0.250. The van der Waals surface area contributed by atoms with Gasteiger partial charge in [-0.2, -0.15) is 0 Å². The Morgan fingerprint density at radius 2 is 2.21 bits per heavy atom. The molecule has 0 bridgehead atoms. The van der Waals surface area contributed by atoms with Crippen LogP contribution in [0.1, 0.15) is 12.2 Å². The monoisotopic (exact) mass is 269 g/mol. The zero-order chi connectivity index (χ0) is 14.4. The molecule has 0 aliphatic carbocycles. The lowest BCUT2D eigenvalue weighted by Gasteiger charge is -2.19. The van der Waals surface area contributed by atoms with Gasteiger partial charge in [-0.05, 0) is 12.1 Å². The zero-order valence-electron chi connectivity index (χ0n) is 10.3. The van der Waals surface area contributed by atoms with Crippen molar-refractivity contribution in [3.05, 3.63) is 24.2 Å². The number of urea groups is 1. The third-order valence-electron chi connectivity index (χ3n) is 2.32. The molecule has 4 N–H and O–H groups in total. The van der Waals surface area contributed by atoms with Gasteiger partial charge in [0.15, 0.2) is 0 Å². The molecule has 1 aromatic heterocycles. The number of rotatable bonds is 6. The molecule has 19 heavy (non-hydrogen) atoms. The second-order valence-electron chi connectivity index (χ2n) is 3.95. The number of furan rings is 1. The molecule has 1 heterocycles. The Morgan fingerprint density at radius 1 is 1.53 bits per heavy atom. The van der Waals surface area contributed by atoms with Crippen LogP contribution in [0.4, 0.5) is 4.79 Å². The van der Waals surface area contributed by atoms with Gasteiger partial charge in [0.05, 0.1) is 19.2 Å². The second kappa shape index (κ2) is 6.43. The van der Waals surface area contributed by atoms with Crippen LogP contribution in [0.3, 0.4) is 0 Å². The van der Waals surface area contributed by atoms with Gasteiger partial charge in [-0.15, -0.1) is 0 Å². The topological polar surface area (TPSA) is 126 Å². The van der Waals surface area contributed by atoms with Gasteiger partial charge >= 0.3 is 12.0 Å². The largest absolute Gasteiger partial charge is 0.480 e. The summed E-state index contributed by atoms with van der Waals surface area (Å²) >= 11 is 0. The van der Waals surface area contributed by atoms with E-state index < -0.39 is 30.4 Å². The van der Waals surface area contributed by atoms with Crippen LogP contribution < -0.4 is 11.1 Å². The number of hydrogen-bond donors (Lipinski definition) is 3. The van der Waals surface area contributed by atoms with Crippen molar-refractivity contribution in [2.24, 2.45) is 5.73 Å². The molecule has 0 aliphatic heterocycles. The summed E-state index contributed by atoms with van der Waals surface area (Å²) in [6.45, 7) is 0.182. The van der Waals surface area contributed by atoms with Crippen molar-refractivity contribution in [3.63, 3.8) is 0 Å². The summed E-state index contributed by atoms with van der Waals surface area (Å²) in [5.74, 6) is -1.57. The number of carboxylic acids is 1. The summed E-state index contributed by atoms with van der Waals surface area (Å²) < 4.78 is 5.06. The van der Waals surface area contributed by atoms with Crippen molar-refractivity contribution in [2.45, 2.75) is 19.0 Å². The Balaban J connectivity index is 2.56. The molecule has 3 amide bonds. The van der Waals surface area contributed by atoms with E-state index in [1.165, 1.54) is 18.2 Å². The number of hydrogen-bond acceptors (Lipinski definition) is 4. The summed E-state index contributed by atoms with van der Waals surface area (Å²) in [4.78, 5) is 34.5. The van der Waals surface area contributed by atoms with Crippen molar-refractivity contribution in [3.8, 4) is 0 Å². The first-order valence-corrected chi connectivity index (χ1v) is 5.45. The van der Waals surface area contributed by atoms with Crippen LogP contribution in [0, 0.1) is 0 Å². The molecule has 1 aromatic rings. The Labute approximate surface area is 109 Å². The van der Waals surface area contributed by atoms with Crippen LogP contribution in [0.25, 0.3) is 0 Å². The Hall–Kier alpha value is -2.51. The van der Waals surface area contributed by atoms with Gasteiger partial charge in [0.2, 0.25) is 5.91 Å². The van der Waals surface area contributed by atoms with Crippen molar-refractivity contribution >= 4 is 17.9 Å². The zero-order valence-corrected chi connectivity index (χ0v) is 10.3. The molecule has 104 valence electrons. The van der Waals surface area contributed by atoms with Crippen LogP contribution >= 0.6 is 0 Å². The fourth-order valence-corrected chi connectivity index (χ4v) is 1.37. The molecule has 0 saturated carbocycles. The standard InChI is InChI=1S/C11H15N3O5/c1-14(6-7-3-2-4-19-7)11(18)13-8(10(16)17)5-9(12)15/h2-4,8H,5-6H2,1H3,(H2,12,15)(H,13,18)(H,16,17). The Kier molecular flexibility index (Phi) is 4.92. The van der Waals surface area contributed by atoms with E-state index in [1.807, 2.05) is 0 Å². The highest BCUT2D eigenvalue weighted by Gasteiger charge is 2.23. The third kappa shape index (κ3) is 4.70. The quantitative estimate of drug-likeness (QED) is 0.656. The SMILES string of the molecule is CN(Cc1ccco1)C(=O)NC(CC(N)=O)C(=O)O. The van der Waals surface area contributed by atoms with E-state index in [1.54, 1.807) is 12.1 Å². The molecule has 1 unspecified atom stereocenters. The van der Waals surface area contributed by atoms with Crippen LogP contribution in [0.5, 0.6) is 0 Å². The van der Waals surface area contributed by atoms with Crippen LogP contribution in [-0.4, -0.2) is 41.0 Å². The maximum Gasteiger partial charge on any atom is 0.326 e. The van der Waals surface area contributed by atoms with E-state index in [4.69, 9.17) is 15.3 Å². The summed E-state index contributed by atoms with van der Waals surface area (Å²) in [6, 6.07) is 1.38. The first-order chi connectivity index (χ1) is 8.90. The van der Waals surface area contributed by atoms with E-state index in [9.17, 15) is 14.4 Å². The number of amides is 3. The van der Waals surface area contributed by atoms with E-state index in [0.29, 0.717) is 5.76 Å². The number of primary amides is 1. The number of carbonyl (C=O) groups is 3. The maximum atomic E-state index is 11.7. The third-order valence-corrected chi connectivity index (χ3v) is 2.32. The lowest BCUT2D eigenvalue weighted by Crippen LogP contribution is -2.47. The average molecular weight is 269 g/mol. The highest BCUT2D eigenvalue weighted by atomic mass is 16.4. The van der Waals surface area contributed by atoms with Gasteiger partial charge in [-0.1, -0.05) is 0 Å². The molecular formula is C11H15N3O5. The molecule has 8 nitrogen and oxygen atoms in total. The highest BCUT2D eigenvalue weighted by Crippen LogP contribution is 2.04. The number of nitrogens with two attached hydrogens (primary N) is 1. The number of carbonyl (C=O) groups excluding carboxylic acids is 2. The van der Waals surface area contributed by atoms with Gasteiger partial charge in [0.1, 0.15) is 11.8 Å². The summed E-state index contributed by atoms with van der Waals surface area (Å²) in [6.07, 6.45) is 1.00. The van der Waals surface area contributed by atoms with Gasteiger partial charge in [0, 0.05) is 7.05 Å². The fourth-order valence-electron chi connectivity index (χ4n) is 1.37. The lowest BCUT2D eigenvalue weighted by molar-refractivity contribution is -0.140. The smallest absolute Gasteiger partial charge is 0.326 e. The normalized spacial score (nSPS) is 11.6. The average Bonchev–Trinajstić information content (AvgIpc) is 2.79. The maximum absolute atomic E-state index is 11.7. The van der Waals surface area contributed by atoms with Crippen molar-refractivity contribution in [1.29, 1.82) is 0 Å². The van der Waals surface area contributed by atoms with Gasteiger partial charge in [0.25, 0.3) is 0 Å². The summed E-state index contributed by atoms with van der Waals surface area (Å²) in [7, 11) is 1.47. The number of nitrogens with one attached hydrogen (secondary N) is 1. The van der Waals surface area contributed by atoms with Gasteiger partial charge in [-0.25, -0.2) is 9.59 Å². The fraction of sp³-hybridized carbons (Fsp3) is 0.364. The van der Waals surface area contributed by atoms with Crippen molar-refractivity contribution in [2.75, 3.05) is 7.05 Å². The molecule has 0 fully saturated rings. The number of carboxylic acid groups (broad SMARTS) is 1. The van der Waals surface area contributed by atoms with E-state index in [0.717, 1.165) is 0 Å². The molecule has 0 aromatic carbocycles. The number of nitrogens with zero attached hydrogens (tertiary/aromatic N) is 1. The van der Waals surface area contributed by atoms with Crippen LogP contribution in [0.2, 0.25) is 0 Å². The molecule has 1 atom stereocenters. The molecule has 8 heteroatoms. The van der Waals surface area contributed by atoms with E-state index in [2.05, 4.69) is 5.32 Å². The Bertz CT molecular complexity index is 457. The minimum absolute atomic E-state index is 0.182. The molecule has 1 rings (SSSR count). The van der Waals surface area contributed by atoms with E-state index >= 15 is 0 Å². The summed E-state index contributed by atoms with van der Waals surface area (Å²) in [5.41, 5.74) is 4.91. The molecular weight excluding hydrogens is 254 g/mol. The molecule has 0 spiro atoms. The Morgan fingerprint density at radius 3 is 2.68 bits per heavy atom. The molecule has 0 saturated heterocycles. The van der Waals surface area contributed by atoms with Crippen molar-refractivity contribution in [1.82, 2.24) is 10.2 Å². The van der Waals surface area contributed by atoms with Crippen LogP contribution in [-0.2, 0) is 16.1 Å². The predicted molar refractivity (Wildman–Crippen MR) is 63.9 cm³/mol. The lowest BCUT2D eigenvalue weighted by atomic mass is 10.2. The van der Waals surface area contributed by atoms with Gasteiger partial charge in [-0.3, -0.25) is 4.79 Å². The molecule has 0 aliphatic rings. The first-order valence-electron chi connectivity index (χ1n) is 5.45. The summed E-state index contributed by atoms with van der Waals surface area (Å²) in [5, 5.41) is 11.1. The second-order valence-corrected chi connectivity index (χ2v) is 3.95. The highest BCUT2D eigenvalue weighted by molar-refractivity contribution is 5.87. The van der Waals surface area contributed by atoms with E-state index in [-0.39, 0.29) is 6.54 Å². The minimum atomic E-state index is -1.34. The molecule has 0 radical (unpaired) electrons. The van der Waals surface area contributed by atoms with Crippen LogP contribution in [0.15, 0.2) is 22.8 Å². The van der Waals surface area contributed by atoms with Crippen molar-refractivity contribution < 1.29 is 23.9 Å².